The summed E-state index contributed by atoms with van der Waals surface area (Å²) in [5.74, 6) is 0.118. The predicted molar refractivity (Wildman–Crippen MR) is 121 cm³/mol. The van der Waals surface area contributed by atoms with Crippen LogP contribution in [0.3, 0.4) is 0 Å². The minimum Gasteiger partial charge on any atom is -0.492 e. The number of rotatable bonds is 8. The molecule has 2 atom stereocenters. The fourth-order valence-electron chi connectivity index (χ4n) is 3.78. The number of benzene rings is 2. The molecule has 0 bridgehead atoms. The van der Waals surface area contributed by atoms with E-state index in [0.29, 0.717) is 18.3 Å². The number of aliphatic carboxylic acids is 1. The standard InChI is InChI=1S/C25H30O3S/c1-5-19-6-8-21(9-7-19)24-25(4,14-15-29-24)16-28-22-12-10-20(11-13-23(26)27)17(2)18(22)3/h6-10,12,14-15,24H,5,11,13,16H2,1-4H3,(H,26,27). The van der Waals surface area contributed by atoms with Crippen LogP contribution in [0.25, 0.3) is 0 Å². The van der Waals surface area contributed by atoms with Gasteiger partial charge in [0.1, 0.15) is 5.75 Å². The van der Waals surface area contributed by atoms with Crippen LogP contribution in [0, 0.1) is 19.3 Å². The molecule has 0 fully saturated rings. The number of aryl methyl sites for hydroxylation is 2. The van der Waals surface area contributed by atoms with Crippen molar-refractivity contribution in [3.63, 3.8) is 0 Å². The minimum atomic E-state index is -0.765. The molecule has 1 heterocycles. The Morgan fingerprint density at radius 3 is 2.52 bits per heavy atom. The summed E-state index contributed by atoms with van der Waals surface area (Å²) < 4.78 is 6.30. The molecule has 0 aliphatic carbocycles. The summed E-state index contributed by atoms with van der Waals surface area (Å²) in [6.07, 6.45) is 4.02. The molecule has 2 unspecified atom stereocenters. The van der Waals surface area contributed by atoms with Gasteiger partial charge in [-0.05, 0) is 66.0 Å². The fraction of sp³-hybridized carbons (Fsp3) is 0.400. The molecule has 0 saturated heterocycles. The maximum atomic E-state index is 10.9. The van der Waals surface area contributed by atoms with E-state index in [-0.39, 0.29) is 11.8 Å². The van der Waals surface area contributed by atoms with Crippen molar-refractivity contribution in [2.75, 3.05) is 6.61 Å². The third-order valence-electron chi connectivity index (χ3n) is 5.95. The number of hydrogen-bond donors (Lipinski definition) is 1. The van der Waals surface area contributed by atoms with Gasteiger partial charge >= 0.3 is 5.97 Å². The largest absolute Gasteiger partial charge is 0.492 e. The lowest BCUT2D eigenvalue weighted by Crippen LogP contribution is -2.26. The minimum absolute atomic E-state index is 0.0826. The number of thioether (sulfide) groups is 1. The van der Waals surface area contributed by atoms with Crippen LogP contribution in [0.2, 0.25) is 0 Å². The molecule has 1 N–H and O–H groups in total. The van der Waals surface area contributed by atoms with Crippen LogP contribution < -0.4 is 4.74 Å². The molecule has 0 radical (unpaired) electrons. The maximum absolute atomic E-state index is 10.9. The number of carbonyl (C=O) groups is 1. The Bertz CT molecular complexity index is 901. The molecule has 4 heteroatoms. The van der Waals surface area contributed by atoms with Gasteiger partial charge in [0, 0.05) is 17.1 Å². The van der Waals surface area contributed by atoms with Crippen LogP contribution >= 0.6 is 11.8 Å². The number of hydrogen-bond acceptors (Lipinski definition) is 3. The molecule has 1 aliphatic rings. The first-order valence-corrected chi connectivity index (χ1v) is 11.1. The van der Waals surface area contributed by atoms with Crippen LogP contribution in [-0.2, 0) is 17.6 Å². The molecule has 3 nitrogen and oxygen atoms in total. The highest BCUT2D eigenvalue weighted by atomic mass is 32.2. The number of carboxylic acids is 1. The normalized spacial score (nSPS) is 20.8. The Kier molecular flexibility index (Phi) is 6.74. The predicted octanol–water partition coefficient (Wildman–Crippen LogP) is 6.27. The van der Waals surface area contributed by atoms with Gasteiger partial charge in [-0.3, -0.25) is 4.79 Å². The van der Waals surface area contributed by atoms with E-state index in [4.69, 9.17) is 9.84 Å². The second kappa shape index (κ2) is 9.08. The Hall–Kier alpha value is -2.20. The van der Waals surface area contributed by atoms with Gasteiger partial charge in [0.05, 0.1) is 6.61 Å². The third kappa shape index (κ3) is 4.87. The van der Waals surface area contributed by atoms with E-state index in [1.165, 1.54) is 11.1 Å². The first-order chi connectivity index (χ1) is 13.8. The van der Waals surface area contributed by atoms with Crippen LogP contribution in [0.5, 0.6) is 5.75 Å². The van der Waals surface area contributed by atoms with Crippen LogP contribution in [0.1, 0.15) is 53.3 Å². The first kappa shape index (κ1) is 21.5. The maximum Gasteiger partial charge on any atom is 0.303 e. The van der Waals surface area contributed by atoms with Gasteiger partial charge in [0.2, 0.25) is 0 Å². The molecule has 154 valence electrons. The van der Waals surface area contributed by atoms with E-state index >= 15 is 0 Å². The number of ether oxygens (including phenoxy) is 1. The molecule has 0 aromatic heterocycles. The summed E-state index contributed by atoms with van der Waals surface area (Å²) in [6.45, 7) is 9.13. The molecule has 0 amide bonds. The highest BCUT2D eigenvalue weighted by Gasteiger charge is 2.37. The van der Waals surface area contributed by atoms with E-state index < -0.39 is 5.97 Å². The molecule has 3 rings (SSSR count). The average Bonchev–Trinajstić information content (AvgIpc) is 3.10. The van der Waals surface area contributed by atoms with Crippen molar-refractivity contribution in [2.45, 2.75) is 52.2 Å². The lowest BCUT2D eigenvalue weighted by atomic mass is 9.84. The monoisotopic (exact) mass is 410 g/mol. The highest BCUT2D eigenvalue weighted by molar-refractivity contribution is 8.02. The van der Waals surface area contributed by atoms with E-state index in [1.54, 1.807) is 0 Å². The van der Waals surface area contributed by atoms with Crippen LogP contribution in [-0.4, -0.2) is 17.7 Å². The molecule has 2 aromatic carbocycles. The van der Waals surface area contributed by atoms with Crippen molar-refractivity contribution in [3.8, 4) is 5.75 Å². The van der Waals surface area contributed by atoms with Gasteiger partial charge in [0.25, 0.3) is 0 Å². The summed E-state index contributed by atoms with van der Waals surface area (Å²) in [4.78, 5) is 10.9. The first-order valence-electron chi connectivity index (χ1n) is 10.2. The highest BCUT2D eigenvalue weighted by Crippen LogP contribution is 2.51. The molecular weight excluding hydrogens is 380 g/mol. The van der Waals surface area contributed by atoms with Gasteiger partial charge in [-0.25, -0.2) is 0 Å². The zero-order chi connectivity index (χ0) is 21.0. The van der Waals surface area contributed by atoms with Crippen LogP contribution in [0.4, 0.5) is 0 Å². The zero-order valence-electron chi connectivity index (χ0n) is 17.7. The summed E-state index contributed by atoms with van der Waals surface area (Å²) in [7, 11) is 0. The van der Waals surface area contributed by atoms with Crippen molar-refractivity contribution < 1.29 is 14.6 Å². The lowest BCUT2D eigenvalue weighted by molar-refractivity contribution is -0.136. The zero-order valence-corrected chi connectivity index (χ0v) is 18.5. The topological polar surface area (TPSA) is 46.5 Å². The number of carboxylic acid groups (broad SMARTS) is 1. The Balaban J connectivity index is 1.72. The quantitative estimate of drug-likeness (QED) is 0.557. The van der Waals surface area contributed by atoms with Gasteiger partial charge < -0.3 is 9.84 Å². The second-order valence-corrected chi connectivity index (χ2v) is 9.09. The average molecular weight is 411 g/mol. The molecule has 1 aliphatic heterocycles. The van der Waals surface area contributed by atoms with Crippen LogP contribution in [0.15, 0.2) is 47.9 Å². The van der Waals surface area contributed by atoms with Crippen molar-refractivity contribution in [2.24, 2.45) is 5.41 Å². The van der Waals surface area contributed by atoms with E-state index in [0.717, 1.165) is 28.9 Å². The van der Waals surface area contributed by atoms with Crippen molar-refractivity contribution in [1.29, 1.82) is 0 Å². The van der Waals surface area contributed by atoms with Crippen molar-refractivity contribution >= 4 is 17.7 Å². The van der Waals surface area contributed by atoms with E-state index in [2.05, 4.69) is 56.5 Å². The SMILES string of the molecule is CCc1ccc(C2SC=CC2(C)COc2ccc(CCC(=O)O)c(C)c2C)cc1. The van der Waals surface area contributed by atoms with Gasteiger partial charge in [0.15, 0.2) is 0 Å². The Morgan fingerprint density at radius 2 is 1.86 bits per heavy atom. The van der Waals surface area contributed by atoms with Gasteiger partial charge in [-0.2, -0.15) is 0 Å². The van der Waals surface area contributed by atoms with E-state index in [9.17, 15) is 4.79 Å². The van der Waals surface area contributed by atoms with Gasteiger partial charge in [-0.15, -0.1) is 11.8 Å². The second-order valence-electron chi connectivity index (χ2n) is 8.08. The fourth-order valence-corrected chi connectivity index (χ4v) is 5.10. The summed E-state index contributed by atoms with van der Waals surface area (Å²) >= 11 is 1.85. The molecule has 0 spiro atoms. The molecule has 0 saturated carbocycles. The third-order valence-corrected chi connectivity index (χ3v) is 7.33. The van der Waals surface area contributed by atoms with Crippen molar-refractivity contribution in [1.82, 2.24) is 0 Å². The summed E-state index contributed by atoms with van der Waals surface area (Å²) in [5, 5.41) is 11.5. The molecule has 2 aromatic rings. The Morgan fingerprint density at radius 1 is 1.14 bits per heavy atom. The molecule has 29 heavy (non-hydrogen) atoms. The van der Waals surface area contributed by atoms with Gasteiger partial charge in [-0.1, -0.05) is 50.3 Å². The molecular formula is C25H30O3S. The van der Waals surface area contributed by atoms with Crippen molar-refractivity contribution in [3.05, 3.63) is 75.7 Å². The smallest absolute Gasteiger partial charge is 0.303 e. The van der Waals surface area contributed by atoms with E-state index in [1.807, 2.05) is 30.8 Å². The Labute approximate surface area is 178 Å². The summed E-state index contributed by atoms with van der Waals surface area (Å²) in [5.41, 5.74) is 5.90. The summed E-state index contributed by atoms with van der Waals surface area (Å²) in [6, 6.07) is 12.9. The lowest BCUT2D eigenvalue weighted by Gasteiger charge is -2.31.